The molecule has 0 amide bonds. The third-order valence-corrected chi connectivity index (χ3v) is 7.13. The predicted octanol–water partition coefficient (Wildman–Crippen LogP) is 6.36. The van der Waals surface area contributed by atoms with Gasteiger partial charge in [0.15, 0.2) is 11.6 Å². The first-order chi connectivity index (χ1) is 13.0. The second-order valence-corrected chi connectivity index (χ2v) is 8.86. The molecule has 3 fully saturated rings. The lowest BCUT2D eigenvalue weighted by Crippen LogP contribution is -2.47. The van der Waals surface area contributed by atoms with Crippen molar-refractivity contribution in [2.75, 3.05) is 13.7 Å². The van der Waals surface area contributed by atoms with E-state index < -0.39 is 11.6 Å². The van der Waals surface area contributed by atoms with Gasteiger partial charge in [0.25, 0.3) is 0 Å². The van der Waals surface area contributed by atoms with E-state index in [0.29, 0.717) is 17.6 Å². The summed E-state index contributed by atoms with van der Waals surface area (Å²) < 4.78 is 38.9. The van der Waals surface area contributed by atoms with Crippen molar-refractivity contribution in [2.24, 2.45) is 17.3 Å². The molecule has 2 nitrogen and oxygen atoms in total. The van der Waals surface area contributed by atoms with E-state index >= 15 is 0 Å². The van der Waals surface area contributed by atoms with E-state index in [-0.39, 0.29) is 11.7 Å². The lowest BCUT2D eigenvalue weighted by molar-refractivity contribution is -0.0294. The van der Waals surface area contributed by atoms with Crippen LogP contribution in [0.3, 0.4) is 0 Å². The Bertz CT molecular complexity index is 703. The van der Waals surface area contributed by atoms with Gasteiger partial charge in [-0.1, -0.05) is 6.07 Å². The summed E-state index contributed by atoms with van der Waals surface area (Å²) in [6.07, 6.45) is 11.2. The Hall–Kier alpha value is -1.58. The summed E-state index contributed by atoms with van der Waals surface area (Å²) in [6.45, 7) is 2.11. The minimum atomic E-state index is -0.831. The standard InChI is InChI=1S/C23H30F2O2/c1-3-27-20-9-8-19(21(24)22(20)25)17-6-4-16(5-7-17)18-12-23(13-18)10-15(11-23)14-26-2/h8-9,14,16-18H,3-7,10-13H2,1-2H3. The monoisotopic (exact) mass is 376 g/mol. The highest BCUT2D eigenvalue weighted by Gasteiger charge is 2.52. The second-order valence-electron chi connectivity index (χ2n) is 8.86. The molecule has 1 aromatic rings. The van der Waals surface area contributed by atoms with Crippen molar-refractivity contribution in [3.05, 3.63) is 41.2 Å². The van der Waals surface area contributed by atoms with Crippen molar-refractivity contribution in [3.8, 4) is 5.75 Å². The van der Waals surface area contributed by atoms with E-state index in [2.05, 4.69) is 0 Å². The first-order valence-electron chi connectivity index (χ1n) is 10.4. The summed E-state index contributed by atoms with van der Waals surface area (Å²) in [5, 5.41) is 0. The molecule has 3 aliphatic carbocycles. The molecule has 0 unspecified atom stereocenters. The average Bonchev–Trinajstić information content (AvgIpc) is 2.61. The van der Waals surface area contributed by atoms with E-state index in [1.807, 2.05) is 6.26 Å². The highest BCUT2D eigenvalue weighted by molar-refractivity contribution is 5.33. The molecule has 0 bridgehead atoms. The Balaban J connectivity index is 1.30. The highest BCUT2D eigenvalue weighted by atomic mass is 19.2. The number of rotatable bonds is 5. The number of hydrogen-bond acceptors (Lipinski definition) is 2. The maximum Gasteiger partial charge on any atom is 0.200 e. The Labute approximate surface area is 160 Å². The summed E-state index contributed by atoms with van der Waals surface area (Å²) in [5.41, 5.74) is 2.55. The molecule has 0 aliphatic heterocycles. The summed E-state index contributed by atoms with van der Waals surface area (Å²) >= 11 is 0. The molecule has 0 saturated heterocycles. The van der Waals surface area contributed by atoms with Crippen molar-refractivity contribution in [3.63, 3.8) is 0 Å². The topological polar surface area (TPSA) is 18.5 Å². The Kier molecular flexibility index (Phi) is 5.17. The molecule has 0 atom stereocenters. The van der Waals surface area contributed by atoms with Crippen LogP contribution in [-0.4, -0.2) is 13.7 Å². The van der Waals surface area contributed by atoms with Gasteiger partial charge in [0.1, 0.15) is 0 Å². The number of methoxy groups -OCH3 is 1. The summed E-state index contributed by atoms with van der Waals surface area (Å²) in [5.74, 6) is 0.214. The molecular weight excluding hydrogens is 346 g/mol. The van der Waals surface area contributed by atoms with Crippen LogP contribution in [0.2, 0.25) is 0 Å². The highest BCUT2D eigenvalue weighted by Crippen LogP contribution is 2.64. The average molecular weight is 376 g/mol. The van der Waals surface area contributed by atoms with E-state index in [1.54, 1.807) is 26.2 Å². The lowest BCUT2D eigenvalue weighted by Gasteiger charge is -2.58. The SMILES string of the molecule is CCOc1ccc(C2CCC(C3CC4(CC(=COC)C4)C3)CC2)c(F)c1F. The normalized spacial score (nSPS) is 32.6. The van der Waals surface area contributed by atoms with Crippen LogP contribution >= 0.6 is 0 Å². The second kappa shape index (κ2) is 7.44. The van der Waals surface area contributed by atoms with E-state index in [0.717, 1.165) is 37.5 Å². The predicted molar refractivity (Wildman–Crippen MR) is 102 cm³/mol. The minimum absolute atomic E-state index is 0.0228. The molecule has 0 radical (unpaired) electrons. The van der Waals surface area contributed by atoms with Gasteiger partial charge in [-0.05, 0) is 98.7 Å². The zero-order chi connectivity index (χ0) is 19.0. The molecule has 0 aromatic heterocycles. The minimum Gasteiger partial charge on any atom is -0.504 e. The van der Waals surface area contributed by atoms with Crippen LogP contribution in [0.4, 0.5) is 8.78 Å². The Morgan fingerprint density at radius 2 is 1.74 bits per heavy atom. The van der Waals surface area contributed by atoms with Crippen LogP contribution in [0.1, 0.15) is 69.8 Å². The number of benzene rings is 1. The van der Waals surface area contributed by atoms with Crippen molar-refractivity contribution in [1.82, 2.24) is 0 Å². The Morgan fingerprint density at radius 3 is 2.37 bits per heavy atom. The van der Waals surface area contributed by atoms with Crippen molar-refractivity contribution in [1.29, 1.82) is 0 Å². The largest absolute Gasteiger partial charge is 0.504 e. The number of halogens is 2. The first kappa shape index (κ1) is 18.8. The van der Waals surface area contributed by atoms with Gasteiger partial charge in [0, 0.05) is 0 Å². The van der Waals surface area contributed by atoms with Gasteiger partial charge in [-0.2, -0.15) is 4.39 Å². The van der Waals surface area contributed by atoms with Gasteiger partial charge < -0.3 is 9.47 Å². The molecule has 0 heterocycles. The summed E-state index contributed by atoms with van der Waals surface area (Å²) in [4.78, 5) is 0. The molecule has 1 spiro atoms. The molecule has 0 N–H and O–H groups in total. The third-order valence-electron chi connectivity index (χ3n) is 7.13. The molecule has 148 valence electrons. The number of hydrogen-bond donors (Lipinski definition) is 0. The van der Waals surface area contributed by atoms with Crippen LogP contribution in [-0.2, 0) is 4.74 Å². The fourth-order valence-corrected chi connectivity index (χ4v) is 5.87. The van der Waals surface area contributed by atoms with Crippen LogP contribution in [0.15, 0.2) is 24.0 Å². The molecule has 3 aliphatic rings. The van der Waals surface area contributed by atoms with Gasteiger partial charge >= 0.3 is 0 Å². The van der Waals surface area contributed by atoms with E-state index in [4.69, 9.17) is 9.47 Å². The van der Waals surface area contributed by atoms with Gasteiger partial charge in [-0.25, -0.2) is 4.39 Å². The summed E-state index contributed by atoms with van der Waals surface area (Å²) in [6, 6.07) is 3.31. The third kappa shape index (κ3) is 3.48. The van der Waals surface area contributed by atoms with Gasteiger partial charge in [0.05, 0.1) is 20.0 Å². The van der Waals surface area contributed by atoms with E-state index in [1.165, 1.54) is 31.3 Å². The fourth-order valence-electron chi connectivity index (χ4n) is 5.87. The molecule has 4 heteroatoms. The summed E-state index contributed by atoms with van der Waals surface area (Å²) in [7, 11) is 1.72. The smallest absolute Gasteiger partial charge is 0.200 e. The number of ether oxygens (including phenoxy) is 2. The van der Waals surface area contributed by atoms with Crippen LogP contribution in [0.5, 0.6) is 5.75 Å². The van der Waals surface area contributed by atoms with Crippen LogP contribution in [0.25, 0.3) is 0 Å². The van der Waals surface area contributed by atoms with Crippen LogP contribution in [0, 0.1) is 28.9 Å². The van der Waals surface area contributed by atoms with Gasteiger partial charge in [-0.15, -0.1) is 0 Å². The zero-order valence-corrected chi connectivity index (χ0v) is 16.4. The van der Waals surface area contributed by atoms with Gasteiger partial charge in [-0.3, -0.25) is 0 Å². The number of allylic oxidation sites excluding steroid dienone is 1. The maximum atomic E-state index is 14.5. The quantitative estimate of drug-likeness (QED) is 0.557. The first-order valence-corrected chi connectivity index (χ1v) is 10.4. The van der Waals surface area contributed by atoms with Crippen molar-refractivity contribution >= 4 is 0 Å². The zero-order valence-electron chi connectivity index (χ0n) is 16.4. The molecular formula is C23H30F2O2. The van der Waals surface area contributed by atoms with Crippen molar-refractivity contribution in [2.45, 2.75) is 64.2 Å². The molecule has 3 saturated carbocycles. The maximum absolute atomic E-state index is 14.5. The molecule has 4 rings (SSSR count). The molecule has 1 aromatic carbocycles. The van der Waals surface area contributed by atoms with E-state index in [9.17, 15) is 8.78 Å². The fraction of sp³-hybridized carbons (Fsp3) is 0.652. The van der Waals surface area contributed by atoms with Crippen molar-refractivity contribution < 1.29 is 18.3 Å². The lowest BCUT2D eigenvalue weighted by atomic mass is 9.47. The van der Waals surface area contributed by atoms with Crippen LogP contribution < -0.4 is 4.74 Å². The van der Waals surface area contributed by atoms with Gasteiger partial charge in [0.2, 0.25) is 5.82 Å². The Morgan fingerprint density at radius 1 is 1.04 bits per heavy atom. The molecule has 27 heavy (non-hydrogen) atoms.